The van der Waals surface area contributed by atoms with E-state index in [1.54, 1.807) is 10.7 Å². The van der Waals surface area contributed by atoms with Crippen molar-refractivity contribution in [1.29, 1.82) is 0 Å². The summed E-state index contributed by atoms with van der Waals surface area (Å²) in [6.07, 6.45) is 1.59. The van der Waals surface area contributed by atoms with Gasteiger partial charge in [0.05, 0.1) is 11.9 Å². The summed E-state index contributed by atoms with van der Waals surface area (Å²) in [4.78, 5) is 4.03. The molecule has 0 fully saturated rings. The van der Waals surface area contributed by atoms with Crippen molar-refractivity contribution in [3.05, 3.63) is 29.2 Å². The van der Waals surface area contributed by atoms with Crippen LogP contribution in [0.3, 0.4) is 0 Å². The zero-order valence-corrected chi connectivity index (χ0v) is 6.71. The van der Waals surface area contributed by atoms with E-state index >= 15 is 0 Å². The highest BCUT2D eigenvalue weighted by atomic mass is 35.5. The Bertz CT molecular complexity index is 393. The van der Waals surface area contributed by atoms with Crippen LogP contribution in [0.1, 0.15) is 5.69 Å². The number of halogens is 1. The van der Waals surface area contributed by atoms with Gasteiger partial charge >= 0.3 is 0 Å². The molecule has 0 unspecified atom stereocenters. The average Bonchev–Trinajstić information content (AvgIpc) is 2.33. The maximum absolute atomic E-state index is 5.78. The third kappa shape index (κ3) is 0.973. The van der Waals surface area contributed by atoms with Crippen LogP contribution in [-0.4, -0.2) is 14.6 Å². The monoisotopic (exact) mass is 167 g/mol. The van der Waals surface area contributed by atoms with Crippen LogP contribution < -0.4 is 0 Å². The van der Waals surface area contributed by atoms with Crippen LogP contribution >= 0.6 is 11.6 Å². The second-order valence-electron chi connectivity index (χ2n) is 2.33. The summed E-state index contributed by atoms with van der Waals surface area (Å²) in [6.45, 7) is 1.91. The van der Waals surface area contributed by atoms with Gasteiger partial charge < -0.3 is 0 Å². The van der Waals surface area contributed by atoms with Crippen LogP contribution in [0.25, 0.3) is 5.65 Å². The number of rotatable bonds is 0. The van der Waals surface area contributed by atoms with Gasteiger partial charge in [-0.05, 0) is 19.1 Å². The van der Waals surface area contributed by atoms with Gasteiger partial charge in [-0.1, -0.05) is 11.6 Å². The van der Waals surface area contributed by atoms with E-state index in [0.29, 0.717) is 5.15 Å². The molecule has 2 aromatic rings. The Hall–Kier alpha value is -1.09. The second-order valence-corrected chi connectivity index (χ2v) is 2.71. The number of aryl methyl sites for hydroxylation is 1. The topological polar surface area (TPSA) is 30.2 Å². The molecule has 0 aliphatic rings. The van der Waals surface area contributed by atoms with Crippen LogP contribution in [0, 0.1) is 6.92 Å². The van der Waals surface area contributed by atoms with Crippen molar-refractivity contribution >= 4 is 17.2 Å². The van der Waals surface area contributed by atoms with Gasteiger partial charge in [0.1, 0.15) is 0 Å². The van der Waals surface area contributed by atoms with E-state index in [1.165, 1.54) is 0 Å². The van der Waals surface area contributed by atoms with Crippen LogP contribution in [0.15, 0.2) is 18.3 Å². The normalized spacial score (nSPS) is 10.7. The van der Waals surface area contributed by atoms with Crippen LogP contribution in [0.5, 0.6) is 0 Å². The summed E-state index contributed by atoms with van der Waals surface area (Å²) in [6, 6.07) is 3.78. The summed E-state index contributed by atoms with van der Waals surface area (Å²) in [7, 11) is 0. The lowest BCUT2D eigenvalue weighted by atomic mass is 10.4. The van der Waals surface area contributed by atoms with E-state index in [1.807, 2.05) is 19.1 Å². The first-order chi connectivity index (χ1) is 5.27. The van der Waals surface area contributed by atoms with Crippen molar-refractivity contribution in [3.8, 4) is 0 Å². The van der Waals surface area contributed by atoms with Crippen molar-refractivity contribution in [3.63, 3.8) is 0 Å². The van der Waals surface area contributed by atoms with Crippen molar-refractivity contribution in [2.45, 2.75) is 6.92 Å². The SMILES string of the molecule is Cc1ccc2ncc(Cl)n2n1. The van der Waals surface area contributed by atoms with Gasteiger partial charge in [0.15, 0.2) is 10.8 Å². The molecule has 0 bridgehead atoms. The molecule has 11 heavy (non-hydrogen) atoms. The standard InChI is InChI=1S/C7H6ClN3/c1-5-2-3-7-9-4-6(8)11(7)10-5/h2-4H,1H3. The molecule has 0 atom stereocenters. The second kappa shape index (κ2) is 2.20. The number of imidazole rings is 1. The molecule has 0 saturated heterocycles. The van der Waals surface area contributed by atoms with E-state index in [9.17, 15) is 0 Å². The number of aromatic nitrogens is 3. The molecular weight excluding hydrogens is 162 g/mol. The van der Waals surface area contributed by atoms with Crippen molar-refractivity contribution < 1.29 is 0 Å². The first-order valence-corrected chi connectivity index (χ1v) is 3.62. The van der Waals surface area contributed by atoms with Crippen molar-refractivity contribution in [1.82, 2.24) is 14.6 Å². The third-order valence-corrected chi connectivity index (χ3v) is 1.71. The van der Waals surface area contributed by atoms with Crippen LogP contribution in [-0.2, 0) is 0 Å². The molecule has 2 aromatic heterocycles. The van der Waals surface area contributed by atoms with Crippen molar-refractivity contribution in [2.24, 2.45) is 0 Å². The molecule has 0 amide bonds. The molecule has 0 radical (unpaired) electrons. The van der Waals surface area contributed by atoms with Gasteiger partial charge in [0.25, 0.3) is 0 Å². The molecule has 0 aliphatic carbocycles. The Balaban J connectivity index is 2.87. The molecule has 0 N–H and O–H groups in total. The minimum atomic E-state index is 0.545. The average molecular weight is 168 g/mol. The predicted octanol–water partition coefficient (Wildman–Crippen LogP) is 1.69. The lowest BCUT2D eigenvalue weighted by Gasteiger charge is -1.93. The maximum Gasteiger partial charge on any atom is 0.155 e. The highest BCUT2D eigenvalue weighted by Gasteiger charge is 1.99. The van der Waals surface area contributed by atoms with E-state index in [4.69, 9.17) is 11.6 Å². The number of hydrogen-bond acceptors (Lipinski definition) is 2. The summed E-state index contributed by atoms with van der Waals surface area (Å²) in [5.74, 6) is 0. The smallest absolute Gasteiger partial charge is 0.155 e. The Morgan fingerprint density at radius 1 is 1.45 bits per heavy atom. The zero-order valence-electron chi connectivity index (χ0n) is 5.95. The van der Waals surface area contributed by atoms with Gasteiger partial charge in [-0.15, -0.1) is 0 Å². The van der Waals surface area contributed by atoms with Gasteiger partial charge in [-0.2, -0.15) is 5.10 Å². The number of nitrogens with zero attached hydrogens (tertiary/aromatic N) is 3. The van der Waals surface area contributed by atoms with Crippen LogP contribution in [0.2, 0.25) is 5.15 Å². The lowest BCUT2D eigenvalue weighted by molar-refractivity contribution is 0.901. The van der Waals surface area contributed by atoms with Gasteiger partial charge in [-0.25, -0.2) is 9.50 Å². The minimum absolute atomic E-state index is 0.545. The molecule has 4 heteroatoms. The highest BCUT2D eigenvalue weighted by Crippen LogP contribution is 2.09. The van der Waals surface area contributed by atoms with Gasteiger partial charge in [0.2, 0.25) is 0 Å². The summed E-state index contributed by atoms with van der Waals surface area (Å²) < 4.78 is 1.61. The summed E-state index contributed by atoms with van der Waals surface area (Å²) in [5.41, 5.74) is 1.71. The first kappa shape index (κ1) is 6.61. The molecule has 0 spiro atoms. The summed E-state index contributed by atoms with van der Waals surface area (Å²) >= 11 is 5.78. The Labute approximate surface area is 68.6 Å². The molecule has 0 aliphatic heterocycles. The van der Waals surface area contributed by atoms with E-state index in [0.717, 1.165) is 11.3 Å². The summed E-state index contributed by atoms with van der Waals surface area (Å²) in [5, 5.41) is 4.70. The fourth-order valence-corrected chi connectivity index (χ4v) is 1.11. The quantitative estimate of drug-likeness (QED) is 0.598. The largest absolute Gasteiger partial charge is 0.234 e. The minimum Gasteiger partial charge on any atom is -0.234 e. The molecule has 0 aromatic carbocycles. The Kier molecular flexibility index (Phi) is 1.32. The third-order valence-electron chi connectivity index (χ3n) is 1.45. The van der Waals surface area contributed by atoms with E-state index in [2.05, 4.69) is 10.1 Å². The Morgan fingerprint density at radius 3 is 3.09 bits per heavy atom. The van der Waals surface area contributed by atoms with E-state index in [-0.39, 0.29) is 0 Å². The first-order valence-electron chi connectivity index (χ1n) is 3.24. The zero-order chi connectivity index (χ0) is 7.84. The fraction of sp³-hybridized carbons (Fsp3) is 0.143. The lowest BCUT2D eigenvalue weighted by Crippen LogP contribution is -1.92. The molecule has 56 valence electrons. The number of fused-ring (bicyclic) bond motifs is 1. The maximum atomic E-state index is 5.78. The van der Waals surface area contributed by atoms with Crippen LogP contribution in [0.4, 0.5) is 0 Å². The Morgan fingerprint density at radius 2 is 2.27 bits per heavy atom. The molecular formula is C7H6ClN3. The van der Waals surface area contributed by atoms with E-state index < -0.39 is 0 Å². The predicted molar refractivity (Wildman–Crippen MR) is 42.7 cm³/mol. The highest BCUT2D eigenvalue weighted by molar-refractivity contribution is 6.29. The number of hydrogen-bond donors (Lipinski definition) is 0. The fourth-order valence-electron chi connectivity index (χ4n) is 0.937. The van der Waals surface area contributed by atoms with Gasteiger partial charge in [-0.3, -0.25) is 0 Å². The van der Waals surface area contributed by atoms with Crippen molar-refractivity contribution in [2.75, 3.05) is 0 Å². The molecule has 2 heterocycles. The molecule has 0 saturated carbocycles. The molecule has 2 rings (SSSR count). The van der Waals surface area contributed by atoms with Gasteiger partial charge in [0, 0.05) is 0 Å². The molecule has 3 nitrogen and oxygen atoms in total.